The highest BCUT2D eigenvalue weighted by molar-refractivity contribution is 7.89. The first-order valence-electron chi connectivity index (χ1n) is 6.90. The van der Waals surface area contributed by atoms with E-state index < -0.39 is 22.0 Å². The zero-order valence-corrected chi connectivity index (χ0v) is 12.6. The van der Waals surface area contributed by atoms with Crippen LogP contribution in [0.15, 0.2) is 18.3 Å². The van der Waals surface area contributed by atoms with Crippen LogP contribution in [0.2, 0.25) is 0 Å². The number of carbonyl (C=O) groups excluding carboxylic acids is 1. The van der Waals surface area contributed by atoms with Gasteiger partial charge < -0.3 is 10.4 Å². The molecule has 1 amide bonds. The van der Waals surface area contributed by atoms with Crippen molar-refractivity contribution >= 4 is 21.7 Å². The number of anilines is 1. The van der Waals surface area contributed by atoms with Gasteiger partial charge in [-0.15, -0.1) is 0 Å². The second-order valence-corrected chi connectivity index (χ2v) is 6.99. The van der Waals surface area contributed by atoms with Crippen molar-refractivity contribution in [2.24, 2.45) is 0 Å². The first-order chi connectivity index (χ1) is 9.95. The summed E-state index contributed by atoms with van der Waals surface area (Å²) in [6, 6.07) is 2.21. The standard InChI is InChI=1S/C13H19N3O4S/c1-2-9-21(19,20)16-8-4-5-10(16)13(18)15-12-11(17)6-3-7-14-12/h3,6-7,10,17H,2,4-5,8-9H2,1H3,(H,14,15,18)/t10-/m1/s1. The molecule has 0 radical (unpaired) electrons. The summed E-state index contributed by atoms with van der Waals surface area (Å²) >= 11 is 0. The molecule has 2 N–H and O–H groups in total. The maximum Gasteiger partial charge on any atom is 0.244 e. The molecule has 1 aliphatic rings. The molecule has 1 aromatic heterocycles. The van der Waals surface area contributed by atoms with E-state index in [0.29, 0.717) is 25.8 Å². The molecule has 1 fully saturated rings. The van der Waals surface area contributed by atoms with E-state index in [9.17, 15) is 18.3 Å². The second-order valence-electron chi connectivity index (χ2n) is 4.95. The number of pyridine rings is 1. The molecule has 0 spiro atoms. The maximum absolute atomic E-state index is 12.3. The normalized spacial score (nSPS) is 19.6. The highest BCUT2D eigenvalue weighted by Crippen LogP contribution is 2.25. The van der Waals surface area contributed by atoms with Crippen molar-refractivity contribution in [3.05, 3.63) is 18.3 Å². The van der Waals surface area contributed by atoms with Crippen LogP contribution in [0.4, 0.5) is 5.82 Å². The lowest BCUT2D eigenvalue weighted by atomic mass is 10.2. The Hall–Kier alpha value is -1.67. The molecule has 21 heavy (non-hydrogen) atoms. The van der Waals surface area contributed by atoms with Crippen molar-refractivity contribution in [1.29, 1.82) is 0 Å². The maximum atomic E-state index is 12.3. The fourth-order valence-corrected chi connectivity index (χ4v) is 4.15. The molecule has 0 aromatic carbocycles. The van der Waals surface area contributed by atoms with Crippen LogP contribution in [0, 0.1) is 0 Å². The topological polar surface area (TPSA) is 99.6 Å². The molecule has 0 unspecified atom stereocenters. The fraction of sp³-hybridized carbons (Fsp3) is 0.538. The quantitative estimate of drug-likeness (QED) is 0.842. The number of sulfonamides is 1. The van der Waals surface area contributed by atoms with E-state index in [1.807, 2.05) is 0 Å². The summed E-state index contributed by atoms with van der Waals surface area (Å²) in [5, 5.41) is 12.1. The Morgan fingerprint density at radius 2 is 2.33 bits per heavy atom. The monoisotopic (exact) mass is 313 g/mol. The number of aromatic hydroxyl groups is 1. The van der Waals surface area contributed by atoms with Gasteiger partial charge >= 0.3 is 0 Å². The van der Waals surface area contributed by atoms with Crippen LogP contribution in [0.5, 0.6) is 5.75 Å². The Morgan fingerprint density at radius 1 is 1.57 bits per heavy atom. The molecule has 0 bridgehead atoms. The smallest absolute Gasteiger partial charge is 0.244 e. The van der Waals surface area contributed by atoms with Gasteiger partial charge in [-0.05, 0) is 31.4 Å². The lowest BCUT2D eigenvalue weighted by molar-refractivity contribution is -0.119. The first-order valence-corrected chi connectivity index (χ1v) is 8.51. The van der Waals surface area contributed by atoms with Crippen molar-refractivity contribution in [2.75, 3.05) is 17.6 Å². The molecular formula is C13H19N3O4S. The Labute approximate surface area is 124 Å². The van der Waals surface area contributed by atoms with Gasteiger partial charge in [-0.2, -0.15) is 4.31 Å². The van der Waals surface area contributed by atoms with Crippen LogP contribution in [-0.4, -0.2) is 47.1 Å². The molecule has 8 heteroatoms. The molecule has 1 saturated heterocycles. The van der Waals surface area contributed by atoms with Gasteiger partial charge in [0.1, 0.15) is 6.04 Å². The number of rotatable bonds is 5. The number of aromatic nitrogens is 1. The third-order valence-corrected chi connectivity index (χ3v) is 5.43. The Morgan fingerprint density at radius 3 is 3.00 bits per heavy atom. The lowest BCUT2D eigenvalue weighted by Gasteiger charge is -2.23. The predicted octanol–water partition coefficient (Wildman–Crippen LogP) is 0.930. The fourth-order valence-electron chi connectivity index (χ4n) is 2.40. The molecule has 1 atom stereocenters. The van der Waals surface area contributed by atoms with Gasteiger partial charge in [0.15, 0.2) is 11.6 Å². The number of nitrogens with one attached hydrogen (secondary N) is 1. The number of amides is 1. The number of carbonyl (C=O) groups is 1. The van der Waals surface area contributed by atoms with Crippen LogP contribution >= 0.6 is 0 Å². The number of nitrogens with zero attached hydrogens (tertiary/aromatic N) is 2. The summed E-state index contributed by atoms with van der Waals surface area (Å²) in [6.45, 7) is 2.14. The van der Waals surface area contributed by atoms with Gasteiger partial charge in [-0.1, -0.05) is 6.92 Å². The largest absolute Gasteiger partial charge is 0.504 e. The molecule has 1 aromatic rings. The summed E-state index contributed by atoms with van der Waals surface area (Å²) in [5.41, 5.74) is 0. The second kappa shape index (κ2) is 6.40. The molecule has 116 valence electrons. The van der Waals surface area contributed by atoms with Crippen LogP contribution < -0.4 is 5.32 Å². The predicted molar refractivity (Wildman–Crippen MR) is 78.3 cm³/mol. The van der Waals surface area contributed by atoms with Crippen LogP contribution in [-0.2, 0) is 14.8 Å². The molecule has 0 saturated carbocycles. The van der Waals surface area contributed by atoms with Crippen LogP contribution in [0.3, 0.4) is 0 Å². The van der Waals surface area contributed by atoms with Crippen molar-refractivity contribution in [3.8, 4) is 5.75 Å². The van der Waals surface area contributed by atoms with Crippen molar-refractivity contribution in [2.45, 2.75) is 32.2 Å². The lowest BCUT2D eigenvalue weighted by Crippen LogP contribution is -2.44. The van der Waals surface area contributed by atoms with E-state index in [1.165, 1.54) is 16.6 Å². The van der Waals surface area contributed by atoms with Gasteiger partial charge in [0.05, 0.1) is 5.75 Å². The Bertz CT molecular complexity index is 618. The molecule has 0 aliphatic carbocycles. The summed E-state index contributed by atoms with van der Waals surface area (Å²) in [7, 11) is -3.42. The average Bonchev–Trinajstić information content (AvgIpc) is 2.91. The van der Waals surface area contributed by atoms with E-state index >= 15 is 0 Å². The first kappa shape index (κ1) is 15.7. The van der Waals surface area contributed by atoms with Gasteiger partial charge in [-0.3, -0.25) is 4.79 Å². The van der Waals surface area contributed by atoms with Gasteiger partial charge in [0, 0.05) is 12.7 Å². The molecular weight excluding hydrogens is 294 g/mol. The zero-order valence-electron chi connectivity index (χ0n) is 11.8. The van der Waals surface area contributed by atoms with Gasteiger partial charge in [0.25, 0.3) is 0 Å². The molecule has 7 nitrogen and oxygen atoms in total. The number of hydrogen-bond donors (Lipinski definition) is 2. The van der Waals surface area contributed by atoms with Gasteiger partial charge in [-0.25, -0.2) is 13.4 Å². The SMILES string of the molecule is CCCS(=O)(=O)N1CCC[C@@H]1C(=O)Nc1ncccc1O. The minimum atomic E-state index is -3.42. The summed E-state index contributed by atoms with van der Waals surface area (Å²) in [6.07, 6.45) is 3.07. The van der Waals surface area contributed by atoms with E-state index in [0.717, 1.165) is 0 Å². The van der Waals surface area contributed by atoms with E-state index in [2.05, 4.69) is 10.3 Å². The van der Waals surface area contributed by atoms with Gasteiger partial charge in [0.2, 0.25) is 15.9 Å². The molecule has 2 heterocycles. The van der Waals surface area contributed by atoms with Crippen molar-refractivity contribution in [3.63, 3.8) is 0 Å². The molecule has 1 aliphatic heterocycles. The average molecular weight is 313 g/mol. The Kier molecular flexibility index (Phi) is 4.79. The van der Waals surface area contributed by atoms with Crippen LogP contribution in [0.1, 0.15) is 26.2 Å². The van der Waals surface area contributed by atoms with E-state index in [1.54, 1.807) is 13.0 Å². The van der Waals surface area contributed by atoms with Crippen molar-refractivity contribution < 1.29 is 18.3 Å². The third kappa shape index (κ3) is 3.51. The highest BCUT2D eigenvalue weighted by Gasteiger charge is 2.38. The van der Waals surface area contributed by atoms with Crippen molar-refractivity contribution in [1.82, 2.24) is 9.29 Å². The minimum Gasteiger partial charge on any atom is -0.504 e. The van der Waals surface area contributed by atoms with E-state index in [-0.39, 0.29) is 17.3 Å². The summed E-state index contributed by atoms with van der Waals surface area (Å²) < 4.78 is 25.6. The Balaban J connectivity index is 2.13. The zero-order chi connectivity index (χ0) is 15.5. The summed E-state index contributed by atoms with van der Waals surface area (Å²) in [4.78, 5) is 16.1. The summed E-state index contributed by atoms with van der Waals surface area (Å²) in [5.74, 6) is -0.527. The number of hydrogen-bond acceptors (Lipinski definition) is 5. The van der Waals surface area contributed by atoms with Crippen LogP contribution in [0.25, 0.3) is 0 Å². The molecule has 2 rings (SSSR count). The highest BCUT2D eigenvalue weighted by atomic mass is 32.2. The third-order valence-electron chi connectivity index (χ3n) is 3.35. The minimum absolute atomic E-state index is 0.0334. The van der Waals surface area contributed by atoms with E-state index in [4.69, 9.17) is 0 Å².